The molecule has 0 aromatic rings. The third-order valence-electron chi connectivity index (χ3n) is 11.6. The van der Waals surface area contributed by atoms with Crippen LogP contribution in [0, 0.1) is 0 Å². The molecule has 0 aliphatic carbocycles. The number of nitrogens with one attached hydrogen (secondary N) is 1. The van der Waals surface area contributed by atoms with E-state index in [0.717, 1.165) is 38.5 Å². The van der Waals surface area contributed by atoms with Crippen molar-refractivity contribution in [3.05, 3.63) is 36.5 Å². The summed E-state index contributed by atoms with van der Waals surface area (Å²) in [5.41, 5.74) is 0. The van der Waals surface area contributed by atoms with Gasteiger partial charge in [-0.2, -0.15) is 0 Å². The van der Waals surface area contributed by atoms with Crippen molar-refractivity contribution in [2.24, 2.45) is 0 Å². The van der Waals surface area contributed by atoms with E-state index in [4.69, 9.17) is 9.05 Å². The lowest BCUT2D eigenvalue weighted by Gasteiger charge is -2.29. The lowest BCUT2D eigenvalue weighted by Crippen LogP contribution is -2.45. The summed E-state index contributed by atoms with van der Waals surface area (Å²) in [6, 6.07) is -0.901. The molecule has 0 heterocycles. The molecule has 3 atom stereocenters. The number of nitrogens with zero attached hydrogens (tertiary/aromatic N) is 1. The molecule has 0 aliphatic rings. The number of aliphatic hydroxyl groups excluding tert-OH is 1. The molecule has 0 aromatic heterocycles. The number of phosphoric acid groups is 1. The van der Waals surface area contributed by atoms with E-state index in [0.29, 0.717) is 17.4 Å². The van der Waals surface area contributed by atoms with Gasteiger partial charge in [0.05, 0.1) is 39.9 Å². The number of rotatable bonds is 47. The zero-order chi connectivity index (χ0) is 45.0. The van der Waals surface area contributed by atoms with Gasteiger partial charge in [-0.05, 0) is 57.8 Å². The molecule has 2 N–H and O–H groups in total. The topological polar surface area (TPSA) is 108 Å². The molecule has 61 heavy (non-hydrogen) atoms. The molecule has 8 nitrogen and oxygen atoms in total. The van der Waals surface area contributed by atoms with Gasteiger partial charge in [0, 0.05) is 6.42 Å². The van der Waals surface area contributed by atoms with E-state index in [1.165, 1.54) is 180 Å². The predicted molar refractivity (Wildman–Crippen MR) is 261 cm³/mol. The molecule has 0 rings (SSSR count). The van der Waals surface area contributed by atoms with Crippen LogP contribution in [0.4, 0.5) is 0 Å². The number of amides is 1. The van der Waals surface area contributed by atoms with Crippen LogP contribution < -0.4 is 10.2 Å². The first kappa shape index (κ1) is 59.7. The highest BCUT2D eigenvalue weighted by Crippen LogP contribution is 2.38. The second-order valence-electron chi connectivity index (χ2n) is 18.9. The van der Waals surface area contributed by atoms with Gasteiger partial charge in [0.1, 0.15) is 13.2 Å². The molecule has 0 saturated heterocycles. The summed E-state index contributed by atoms with van der Waals surface area (Å²) in [6.45, 7) is 4.61. The molecule has 0 aliphatic heterocycles. The number of allylic oxidation sites excluding steroid dienone is 5. The maximum atomic E-state index is 12.9. The Morgan fingerprint density at radius 3 is 1.33 bits per heavy atom. The maximum absolute atomic E-state index is 12.9. The fourth-order valence-corrected chi connectivity index (χ4v) is 8.18. The van der Waals surface area contributed by atoms with Crippen molar-refractivity contribution in [1.29, 1.82) is 0 Å². The molecule has 0 radical (unpaired) electrons. The highest BCUT2D eigenvalue weighted by atomic mass is 31.2. The number of hydrogen-bond donors (Lipinski definition) is 2. The molecule has 3 unspecified atom stereocenters. The van der Waals surface area contributed by atoms with E-state index in [1.54, 1.807) is 6.08 Å². The van der Waals surface area contributed by atoms with Crippen LogP contribution in [0.2, 0.25) is 0 Å². The Hall–Kier alpha value is -1.28. The van der Waals surface area contributed by atoms with Gasteiger partial charge in [0.2, 0.25) is 5.91 Å². The highest BCUT2D eigenvalue weighted by Gasteiger charge is 2.23. The van der Waals surface area contributed by atoms with Crippen LogP contribution in [-0.4, -0.2) is 68.5 Å². The number of hydrogen-bond acceptors (Lipinski definition) is 6. The molecule has 0 saturated carbocycles. The highest BCUT2D eigenvalue weighted by molar-refractivity contribution is 7.45. The van der Waals surface area contributed by atoms with Crippen LogP contribution in [0.3, 0.4) is 0 Å². The monoisotopic (exact) mass is 881 g/mol. The first-order chi connectivity index (χ1) is 29.5. The van der Waals surface area contributed by atoms with Crippen molar-refractivity contribution in [3.8, 4) is 0 Å². The summed E-state index contributed by atoms with van der Waals surface area (Å²) in [5, 5.41) is 13.8. The first-order valence-corrected chi connectivity index (χ1v) is 27.3. The quantitative estimate of drug-likeness (QED) is 0.0273. The Balaban J connectivity index is 4.10. The fourth-order valence-electron chi connectivity index (χ4n) is 7.46. The van der Waals surface area contributed by atoms with Crippen LogP contribution in [-0.2, 0) is 18.4 Å². The fraction of sp³-hybridized carbons (Fsp3) is 0.865. The molecule has 0 fully saturated rings. The lowest BCUT2D eigenvalue weighted by molar-refractivity contribution is -0.870. The van der Waals surface area contributed by atoms with E-state index in [-0.39, 0.29) is 12.5 Å². The number of likely N-dealkylation sites (N-methyl/N-ethyl adjacent to an activating group) is 1. The van der Waals surface area contributed by atoms with Crippen LogP contribution >= 0.6 is 7.82 Å². The summed E-state index contributed by atoms with van der Waals surface area (Å²) in [4.78, 5) is 25.3. The largest absolute Gasteiger partial charge is 0.756 e. The van der Waals surface area contributed by atoms with Gasteiger partial charge in [0.15, 0.2) is 0 Å². The normalized spacial score (nSPS) is 14.4. The molecule has 0 spiro atoms. The second-order valence-corrected chi connectivity index (χ2v) is 20.3. The summed E-state index contributed by atoms with van der Waals surface area (Å²) >= 11 is 0. The van der Waals surface area contributed by atoms with Gasteiger partial charge in [-0.25, -0.2) is 0 Å². The summed E-state index contributed by atoms with van der Waals surface area (Å²) in [7, 11) is 1.24. The minimum atomic E-state index is -4.59. The van der Waals surface area contributed by atoms with Crippen LogP contribution in [0.25, 0.3) is 0 Å². The molecule has 9 heteroatoms. The zero-order valence-electron chi connectivity index (χ0n) is 40.9. The van der Waals surface area contributed by atoms with Crippen LogP contribution in [0.1, 0.15) is 239 Å². The van der Waals surface area contributed by atoms with Crippen LogP contribution in [0.5, 0.6) is 0 Å². The van der Waals surface area contributed by atoms with Gasteiger partial charge < -0.3 is 28.8 Å². The van der Waals surface area contributed by atoms with Crippen molar-refractivity contribution >= 4 is 13.7 Å². The van der Waals surface area contributed by atoms with E-state index in [2.05, 4.69) is 43.5 Å². The smallest absolute Gasteiger partial charge is 0.268 e. The molecule has 1 amide bonds. The summed E-state index contributed by atoms with van der Waals surface area (Å²) in [5.74, 6) is -0.208. The van der Waals surface area contributed by atoms with Crippen molar-refractivity contribution in [2.75, 3.05) is 40.9 Å². The first-order valence-electron chi connectivity index (χ1n) is 25.9. The van der Waals surface area contributed by atoms with E-state index in [1.807, 2.05) is 27.2 Å². The van der Waals surface area contributed by atoms with Gasteiger partial charge in [-0.3, -0.25) is 9.36 Å². The third kappa shape index (κ3) is 46.5. The molecule has 360 valence electrons. The average molecular weight is 881 g/mol. The zero-order valence-corrected chi connectivity index (χ0v) is 41.8. The average Bonchev–Trinajstić information content (AvgIpc) is 3.21. The minimum absolute atomic E-state index is 0.00611. The predicted octanol–water partition coefficient (Wildman–Crippen LogP) is 14.4. The van der Waals surface area contributed by atoms with Crippen LogP contribution in [0.15, 0.2) is 36.5 Å². The number of carbonyl (C=O) groups is 1. The third-order valence-corrected chi connectivity index (χ3v) is 12.5. The number of unbranched alkanes of at least 4 members (excludes halogenated alkanes) is 30. The number of phosphoric ester groups is 1. The molecular weight excluding hydrogens is 780 g/mol. The lowest BCUT2D eigenvalue weighted by atomic mass is 10.0. The number of quaternary nitrogens is 1. The molecule has 0 aromatic carbocycles. The summed E-state index contributed by atoms with van der Waals surface area (Å²) in [6.07, 6.45) is 55.1. The van der Waals surface area contributed by atoms with Crippen molar-refractivity contribution in [1.82, 2.24) is 5.32 Å². The van der Waals surface area contributed by atoms with E-state index < -0.39 is 26.6 Å². The van der Waals surface area contributed by atoms with E-state index in [9.17, 15) is 19.4 Å². The van der Waals surface area contributed by atoms with Gasteiger partial charge in [0.25, 0.3) is 7.82 Å². The SMILES string of the molecule is CCCCCCC/C=C/CC/C=C/C(O)C(COP(=O)([O-])OCC[N+](C)(C)C)NC(=O)CCCCCCCCCCCCCC/C=C\CCCCCCCCCCCCCC. The minimum Gasteiger partial charge on any atom is -0.756 e. The van der Waals surface area contributed by atoms with Crippen molar-refractivity contribution in [2.45, 2.75) is 251 Å². The second kappa shape index (κ2) is 43.9. The summed E-state index contributed by atoms with van der Waals surface area (Å²) < 4.78 is 23.2. The van der Waals surface area contributed by atoms with Crippen molar-refractivity contribution < 1.29 is 32.9 Å². The Labute approximate surface area is 378 Å². The molecular formula is C52H101N2O6P. The van der Waals surface area contributed by atoms with Crippen molar-refractivity contribution in [3.63, 3.8) is 0 Å². The Morgan fingerprint density at radius 1 is 0.557 bits per heavy atom. The Bertz CT molecular complexity index is 1090. The van der Waals surface area contributed by atoms with Gasteiger partial charge in [-0.15, -0.1) is 0 Å². The van der Waals surface area contributed by atoms with E-state index >= 15 is 0 Å². The Kier molecular flexibility index (Phi) is 43.0. The number of carbonyl (C=O) groups excluding carboxylic acids is 1. The standard InChI is InChI=1S/C52H101N2O6P/c1-6-8-10-12-14-16-18-19-20-21-22-23-24-25-26-27-28-29-30-31-32-33-34-36-38-40-42-44-46-52(56)53-50(49-60-61(57,58)59-48-47-54(3,4)5)51(55)45-43-41-39-37-35-17-15-13-11-9-7-2/h25-26,35,37,43,45,50-51,55H,6-24,27-34,36,38-42,44,46-49H2,1-5H3,(H-,53,56,57,58)/b26-25-,37-35+,45-43+. The molecule has 0 bridgehead atoms. The number of aliphatic hydroxyl groups is 1. The van der Waals surface area contributed by atoms with Gasteiger partial charge >= 0.3 is 0 Å². The maximum Gasteiger partial charge on any atom is 0.268 e. The van der Waals surface area contributed by atoms with Gasteiger partial charge in [-0.1, -0.05) is 211 Å². The Morgan fingerprint density at radius 2 is 0.918 bits per heavy atom.